The summed E-state index contributed by atoms with van der Waals surface area (Å²) in [7, 11) is 3.30. The first-order valence-corrected chi connectivity index (χ1v) is 14.6. The Morgan fingerprint density at radius 2 is 1.60 bits per heavy atom. The zero-order valence-electron chi connectivity index (χ0n) is 25.0. The normalized spacial score (nSPS) is 12.8. The molecule has 2 heterocycles. The first kappa shape index (κ1) is 29.7. The summed E-state index contributed by atoms with van der Waals surface area (Å²) in [5, 5.41) is 5.46. The first-order valence-electron chi connectivity index (χ1n) is 14.6. The number of halogens is 1. The summed E-state index contributed by atoms with van der Waals surface area (Å²) >= 11 is 0. The second-order valence-corrected chi connectivity index (χ2v) is 10.8. The third-order valence-corrected chi connectivity index (χ3v) is 7.88. The average Bonchev–Trinajstić information content (AvgIpc) is 3.07. The molecule has 228 valence electrons. The number of fused-ring (bicyclic) bond motifs is 2. The lowest BCUT2D eigenvalue weighted by atomic mass is 9.98. The van der Waals surface area contributed by atoms with Crippen LogP contribution in [0.5, 0.6) is 11.5 Å². The van der Waals surface area contributed by atoms with E-state index in [9.17, 15) is 14.0 Å². The standard InChI is InChI=1S/C35H32FN5O4/c1-44-32-17-23-14-16-41(21-24(23)18-33(32)45-2)15-13-22-7-10-26(11-8-22)38-34(42)27-12-9-25(36)19-30(27)40-35(43)31-20-37-28-5-3-4-6-29(28)39-31/h3-12,17-20H,13-16,21H2,1-2H3,(H,38,42)(H,40,43). The predicted molar refractivity (Wildman–Crippen MR) is 171 cm³/mol. The van der Waals surface area contributed by atoms with E-state index in [4.69, 9.17) is 9.47 Å². The number of para-hydroxylation sites is 2. The van der Waals surface area contributed by atoms with Crippen molar-refractivity contribution in [3.05, 3.63) is 119 Å². The topological polar surface area (TPSA) is 106 Å². The van der Waals surface area contributed by atoms with E-state index in [-0.39, 0.29) is 16.9 Å². The molecule has 0 radical (unpaired) electrons. The lowest BCUT2D eigenvalue weighted by Crippen LogP contribution is -2.32. The van der Waals surface area contributed by atoms with Gasteiger partial charge in [-0.1, -0.05) is 24.3 Å². The van der Waals surface area contributed by atoms with Crippen molar-refractivity contribution in [2.24, 2.45) is 0 Å². The fourth-order valence-corrected chi connectivity index (χ4v) is 5.44. The molecule has 1 aliphatic rings. The fourth-order valence-electron chi connectivity index (χ4n) is 5.44. The minimum atomic E-state index is -0.603. The van der Waals surface area contributed by atoms with Gasteiger partial charge in [0, 0.05) is 25.3 Å². The quantitative estimate of drug-likeness (QED) is 0.216. The average molecular weight is 606 g/mol. The maximum Gasteiger partial charge on any atom is 0.275 e. The highest BCUT2D eigenvalue weighted by Crippen LogP contribution is 2.33. The number of benzene rings is 4. The van der Waals surface area contributed by atoms with E-state index < -0.39 is 17.6 Å². The van der Waals surface area contributed by atoms with E-state index >= 15 is 0 Å². The summed E-state index contributed by atoms with van der Waals surface area (Å²) in [6, 6.07) is 22.5. The molecule has 9 nitrogen and oxygen atoms in total. The minimum absolute atomic E-state index is 0.0308. The number of rotatable bonds is 9. The number of amides is 2. The van der Waals surface area contributed by atoms with Crippen molar-refractivity contribution < 1.29 is 23.5 Å². The Balaban J connectivity index is 1.07. The molecule has 0 aliphatic carbocycles. The van der Waals surface area contributed by atoms with Gasteiger partial charge in [0.2, 0.25) is 0 Å². The molecule has 0 saturated carbocycles. The first-order chi connectivity index (χ1) is 21.9. The molecule has 0 unspecified atom stereocenters. The van der Waals surface area contributed by atoms with Crippen LogP contribution in [-0.2, 0) is 19.4 Å². The minimum Gasteiger partial charge on any atom is -0.493 e. The molecule has 45 heavy (non-hydrogen) atoms. The van der Waals surface area contributed by atoms with Gasteiger partial charge >= 0.3 is 0 Å². The van der Waals surface area contributed by atoms with Crippen LogP contribution in [0.3, 0.4) is 0 Å². The van der Waals surface area contributed by atoms with Gasteiger partial charge in [0.25, 0.3) is 11.8 Å². The lowest BCUT2D eigenvalue weighted by molar-refractivity contribution is 0.102. The van der Waals surface area contributed by atoms with Gasteiger partial charge in [-0.25, -0.2) is 9.37 Å². The number of hydrogen-bond acceptors (Lipinski definition) is 7. The Morgan fingerprint density at radius 3 is 2.36 bits per heavy atom. The monoisotopic (exact) mass is 605 g/mol. The molecule has 2 amide bonds. The van der Waals surface area contributed by atoms with Gasteiger partial charge in [-0.15, -0.1) is 0 Å². The molecule has 1 aromatic heterocycles. The maximum atomic E-state index is 14.2. The van der Waals surface area contributed by atoms with Crippen LogP contribution in [-0.4, -0.2) is 54.0 Å². The largest absolute Gasteiger partial charge is 0.493 e. The van der Waals surface area contributed by atoms with E-state index in [1.807, 2.05) is 30.3 Å². The highest BCUT2D eigenvalue weighted by molar-refractivity contribution is 6.12. The van der Waals surface area contributed by atoms with Crippen molar-refractivity contribution in [2.45, 2.75) is 19.4 Å². The van der Waals surface area contributed by atoms with Gasteiger partial charge in [-0.3, -0.25) is 19.5 Å². The van der Waals surface area contributed by atoms with Crippen LogP contribution in [0.25, 0.3) is 11.0 Å². The Labute approximate surface area is 260 Å². The smallest absolute Gasteiger partial charge is 0.275 e. The summed E-state index contributed by atoms with van der Waals surface area (Å²) in [6.07, 6.45) is 3.14. The lowest BCUT2D eigenvalue weighted by Gasteiger charge is -2.29. The Morgan fingerprint density at radius 1 is 0.867 bits per heavy atom. The molecule has 0 spiro atoms. The van der Waals surface area contributed by atoms with Gasteiger partial charge in [0.15, 0.2) is 11.5 Å². The van der Waals surface area contributed by atoms with Crippen molar-refractivity contribution in [3.8, 4) is 11.5 Å². The molecule has 1 aliphatic heterocycles. The molecule has 0 atom stereocenters. The van der Waals surface area contributed by atoms with Gasteiger partial charge < -0.3 is 20.1 Å². The summed E-state index contributed by atoms with van der Waals surface area (Å²) in [5.74, 6) is -0.180. The van der Waals surface area contributed by atoms with Crippen molar-refractivity contribution >= 4 is 34.2 Å². The number of nitrogens with one attached hydrogen (secondary N) is 2. The number of carbonyl (C=O) groups excluding carboxylic acids is 2. The summed E-state index contributed by atoms with van der Waals surface area (Å²) < 4.78 is 25.1. The summed E-state index contributed by atoms with van der Waals surface area (Å²) in [5.41, 5.74) is 5.64. The molecule has 10 heteroatoms. The van der Waals surface area contributed by atoms with Gasteiger partial charge in [0.1, 0.15) is 11.5 Å². The van der Waals surface area contributed by atoms with Crippen LogP contribution >= 0.6 is 0 Å². The highest BCUT2D eigenvalue weighted by atomic mass is 19.1. The molecule has 0 fully saturated rings. The molecule has 0 bridgehead atoms. The van der Waals surface area contributed by atoms with Gasteiger partial charge in [-0.2, -0.15) is 0 Å². The van der Waals surface area contributed by atoms with Crippen LogP contribution in [0.1, 0.15) is 37.5 Å². The SMILES string of the molecule is COc1cc2c(cc1OC)CN(CCc1ccc(NC(=O)c3ccc(F)cc3NC(=O)c3cnc4ccccc4n3)cc1)CC2. The second kappa shape index (κ2) is 13.1. The van der Waals surface area contributed by atoms with Crippen LogP contribution in [0.15, 0.2) is 85.1 Å². The zero-order chi connectivity index (χ0) is 31.3. The third kappa shape index (κ3) is 6.76. The molecule has 4 aromatic carbocycles. The summed E-state index contributed by atoms with van der Waals surface area (Å²) in [4.78, 5) is 37.2. The molecule has 0 saturated heterocycles. The van der Waals surface area contributed by atoms with Crippen LogP contribution in [0, 0.1) is 5.82 Å². The fraction of sp³-hybridized carbons (Fsp3) is 0.200. The Bertz CT molecular complexity index is 1880. The predicted octanol–water partition coefficient (Wildman–Crippen LogP) is 5.89. The summed E-state index contributed by atoms with van der Waals surface area (Å²) in [6.45, 7) is 2.69. The number of carbonyl (C=O) groups is 2. The van der Waals surface area contributed by atoms with Gasteiger partial charge in [-0.05, 0) is 84.1 Å². The zero-order valence-corrected chi connectivity index (χ0v) is 25.0. The highest BCUT2D eigenvalue weighted by Gasteiger charge is 2.20. The van der Waals surface area contributed by atoms with Crippen molar-refractivity contribution in [3.63, 3.8) is 0 Å². The molecule has 6 rings (SSSR count). The van der Waals surface area contributed by atoms with Crippen LogP contribution < -0.4 is 20.1 Å². The number of ether oxygens (including phenoxy) is 2. The molecule has 5 aromatic rings. The number of hydrogen-bond donors (Lipinski definition) is 2. The van der Waals surface area contributed by atoms with Crippen molar-refractivity contribution in [2.75, 3.05) is 37.9 Å². The van der Waals surface area contributed by atoms with E-state index in [0.717, 1.165) is 55.6 Å². The van der Waals surface area contributed by atoms with Gasteiger partial charge in [0.05, 0.1) is 42.7 Å². The van der Waals surface area contributed by atoms with Crippen LogP contribution in [0.2, 0.25) is 0 Å². The number of anilines is 2. The van der Waals surface area contributed by atoms with E-state index in [1.54, 1.807) is 32.4 Å². The number of aromatic nitrogens is 2. The third-order valence-electron chi connectivity index (χ3n) is 7.88. The second-order valence-electron chi connectivity index (χ2n) is 10.8. The number of nitrogens with zero attached hydrogens (tertiary/aromatic N) is 3. The Kier molecular flexibility index (Phi) is 8.65. The molecular formula is C35H32FN5O4. The molecular weight excluding hydrogens is 573 g/mol. The Hall–Kier alpha value is -5.35. The van der Waals surface area contributed by atoms with E-state index in [2.05, 4.69) is 37.6 Å². The molecule has 2 N–H and O–H groups in total. The number of methoxy groups -OCH3 is 2. The maximum absolute atomic E-state index is 14.2. The van der Waals surface area contributed by atoms with Crippen molar-refractivity contribution in [1.29, 1.82) is 0 Å². The van der Waals surface area contributed by atoms with E-state index in [0.29, 0.717) is 16.7 Å². The van der Waals surface area contributed by atoms with E-state index in [1.165, 1.54) is 29.5 Å². The van der Waals surface area contributed by atoms with Crippen LogP contribution in [0.4, 0.5) is 15.8 Å². The van der Waals surface area contributed by atoms with Crippen molar-refractivity contribution in [1.82, 2.24) is 14.9 Å².